The molecule has 298 valence electrons. The number of carbonyl (C=O) groups is 3. The molecule has 3 N–H and O–H groups in total. The third-order valence-corrected chi connectivity index (χ3v) is 17.1. The van der Waals surface area contributed by atoms with Crippen LogP contribution in [0, 0.1) is 62.5 Å². The van der Waals surface area contributed by atoms with E-state index in [2.05, 4.69) is 63.5 Å². The maximum atomic E-state index is 14.9. The van der Waals surface area contributed by atoms with E-state index in [1.807, 2.05) is 6.07 Å². The Morgan fingerprint density at radius 3 is 2.33 bits per heavy atom. The average molecular weight is 755 g/mol. The molecule has 0 radical (unpaired) electrons. The first kappa shape index (κ1) is 39.7. The first-order valence-corrected chi connectivity index (χ1v) is 20.8. The van der Waals surface area contributed by atoms with E-state index in [1.54, 1.807) is 24.3 Å². The van der Waals surface area contributed by atoms with Gasteiger partial charge in [0, 0.05) is 24.2 Å². The first-order valence-electron chi connectivity index (χ1n) is 20.8. The summed E-state index contributed by atoms with van der Waals surface area (Å²) in [4.78, 5) is 39.8. The van der Waals surface area contributed by atoms with Crippen molar-refractivity contribution < 1.29 is 28.6 Å². The summed E-state index contributed by atoms with van der Waals surface area (Å²) in [6.07, 6.45) is 10.2. The van der Waals surface area contributed by atoms with Gasteiger partial charge in [0.25, 0.3) is 5.91 Å². The summed E-state index contributed by atoms with van der Waals surface area (Å²) in [5, 5.41) is 17.2. The van der Waals surface area contributed by atoms with Crippen molar-refractivity contribution in [2.45, 2.75) is 125 Å². The second-order valence-electron chi connectivity index (χ2n) is 19.6. The largest absolute Gasteiger partial charge is 0.465 e. The van der Waals surface area contributed by atoms with Crippen molar-refractivity contribution in [1.29, 1.82) is 0 Å². The van der Waals surface area contributed by atoms with E-state index in [9.17, 15) is 23.9 Å². The number of nitrogens with one attached hydrogen (secondary N) is 2. The molecular weight excluding hydrogens is 692 g/mol. The number of fused-ring (bicyclic) bond motifs is 7. The SMILES string of the molecule is C=C(C)[C@@H]1CC[C@]2(C(=O)NCc3cccc(C(=O)NCc4cccc(C(=O)OC)c4F)c3)CC[C@]3(C)C(CCC4[C@@]5(C)CC[C@H](O)C(C)(C)C5CC[C@]43C)C12. The number of ether oxygens (including phenoxy) is 1. The molecule has 5 saturated carbocycles. The van der Waals surface area contributed by atoms with Crippen LogP contribution in [0.4, 0.5) is 4.39 Å². The van der Waals surface area contributed by atoms with Gasteiger partial charge in [-0.15, -0.1) is 0 Å². The molecule has 7 nitrogen and oxygen atoms in total. The zero-order chi connectivity index (χ0) is 39.7. The van der Waals surface area contributed by atoms with E-state index in [-0.39, 0.29) is 63.2 Å². The third kappa shape index (κ3) is 6.10. The lowest BCUT2D eigenvalue weighted by atomic mass is 9.32. The van der Waals surface area contributed by atoms with Crippen LogP contribution >= 0.6 is 0 Å². The molecule has 8 heteroatoms. The highest BCUT2D eigenvalue weighted by Gasteiger charge is 2.71. The number of esters is 1. The van der Waals surface area contributed by atoms with Gasteiger partial charge in [0.15, 0.2) is 0 Å². The molecule has 0 saturated heterocycles. The van der Waals surface area contributed by atoms with Crippen LogP contribution in [0.25, 0.3) is 0 Å². The summed E-state index contributed by atoms with van der Waals surface area (Å²) in [5.41, 5.74) is 2.39. The van der Waals surface area contributed by atoms with Gasteiger partial charge < -0.3 is 20.5 Å². The van der Waals surface area contributed by atoms with Crippen LogP contribution < -0.4 is 10.6 Å². The highest BCUT2D eigenvalue weighted by atomic mass is 19.1. The molecule has 0 aliphatic heterocycles. The van der Waals surface area contributed by atoms with Crippen molar-refractivity contribution in [3.63, 3.8) is 0 Å². The molecule has 2 aromatic rings. The van der Waals surface area contributed by atoms with Gasteiger partial charge in [-0.25, -0.2) is 9.18 Å². The number of allylic oxidation sites excluding steroid dienone is 1. The molecule has 0 spiro atoms. The Hall–Kier alpha value is -3.52. The fourth-order valence-electron chi connectivity index (χ4n) is 14.0. The van der Waals surface area contributed by atoms with Crippen molar-refractivity contribution in [2.24, 2.45) is 56.7 Å². The maximum Gasteiger partial charge on any atom is 0.340 e. The maximum absolute atomic E-state index is 14.9. The molecule has 5 fully saturated rings. The fourth-order valence-corrected chi connectivity index (χ4v) is 14.0. The molecule has 55 heavy (non-hydrogen) atoms. The van der Waals surface area contributed by atoms with Crippen LogP contribution in [0.1, 0.15) is 138 Å². The van der Waals surface area contributed by atoms with Gasteiger partial charge in [0.2, 0.25) is 5.91 Å². The Labute approximate surface area is 327 Å². The normalized spacial score (nSPS) is 37.3. The molecule has 5 aliphatic carbocycles. The monoisotopic (exact) mass is 754 g/mol. The molecule has 7 rings (SSSR count). The topological polar surface area (TPSA) is 105 Å². The highest BCUT2D eigenvalue weighted by Crippen LogP contribution is 2.77. The smallest absolute Gasteiger partial charge is 0.340 e. The Bertz CT molecular complexity index is 1870. The Morgan fingerprint density at radius 2 is 1.60 bits per heavy atom. The standard InChI is InChI=1S/C47H63FN2O5/c1-28(2)32-17-22-47(42(54)50-26-29-11-9-12-30(25-29)40(52)49-27-31-13-10-14-33(39(31)48)41(53)55-8)24-23-45(6)34(38(32)47)15-16-36-44(5)20-19-37(51)43(3,4)35(44)18-21-46(36,45)7/h9-14,25,32,34-38,51H,1,15-24,26-27H2,2-8H3,(H,49,52)(H,50,54)/t32-,34?,35?,36?,37-,38?,44-,45+,46+,47-/m0/s1. The molecule has 2 aromatic carbocycles. The van der Waals surface area contributed by atoms with E-state index >= 15 is 0 Å². The zero-order valence-corrected chi connectivity index (χ0v) is 34.2. The third-order valence-electron chi connectivity index (χ3n) is 17.1. The number of hydrogen-bond donors (Lipinski definition) is 3. The van der Waals surface area contributed by atoms with Crippen molar-refractivity contribution >= 4 is 17.8 Å². The number of halogens is 1. The molecule has 10 atom stereocenters. The number of methoxy groups -OCH3 is 1. The lowest BCUT2D eigenvalue weighted by Crippen LogP contribution is -2.67. The van der Waals surface area contributed by atoms with Crippen molar-refractivity contribution in [2.75, 3.05) is 7.11 Å². The predicted molar refractivity (Wildman–Crippen MR) is 212 cm³/mol. The van der Waals surface area contributed by atoms with Crippen LogP contribution in [0.3, 0.4) is 0 Å². The number of amides is 2. The van der Waals surface area contributed by atoms with E-state index in [4.69, 9.17) is 0 Å². The van der Waals surface area contributed by atoms with E-state index in [0.717, 1.165) is 56.9 Å². The molecular formula is C47H63FN2O5. The van der Waals surface area contributed by atoms with Crippen LogP contribution in [0.5, 0.6) is 0 Å². The van der Waals surface area contributed by atoms with Crippen molar-refractivity contribution in [1.82, 2.24) is 10.6 Å². The van der Waals surface area contributed by atoms with E-state index in [0.29, 0.717) is 35.8 Å². The van der Waals surface area contributed by atoms with Crippen LogP contribution in [0.15, 0.2) is 54.6 Å². The summed E-state index contributed by atoms with van der Waals surface area (Å²) < 4.78 is 19.6. The minimum absolute atomic E-state index is 0.0788. The summed E-state index contributed by atoms with van der Waals surface area (Å²) in [5.74, 6) is 0.379. The van der Waals surface area contributed by atoms with Crippen LogP contribution in [-0.2, 0) is 22.6 Å². The number of hydrogen-bond acceptors (Lipinski definition) is 5. The van der Waals surface area contributed by atoms with E-state index in [1.165, 1.54) is 37.7 Å². The van der Waals surface area contributed by atoms with Gasteiger partial charge in [-0.2, -0.15) is 0 Å². The van der Waals surface area contributed by atoms with Gasteiger partial charge in [-0.3, -0.25) is 9.59 Å². The highest BCUT2D eigenvalue weighted by molar-refractivity contribution is 5.94. The van der Waals surface area contributed by atoms with Gasteiger partial charge >= 0.3 is 5.97 Å². The zero-order valence-electron chi connectivity index (χ0n) is 34.2. The number of aliphatic hydroxyl groups excluding tert-OH is 1. The van der Waals surface area contributed by atoms with Gasteiger partial charge in [-0.1, -0.05) is 71.0 Å². The summed E-state index contributed by atoms with van der Waals surface area (Å²) in [6, 6.07) is 11.6. The Balaban J connectivity index is 1.08. The van der Waals surface area contributed by atoms with Gasteiger partial charge in [0.1, 0.15) is 5.82 Å². The second kappa shape index (κ2) is 14.1. The molecule has 4 unspecified atom stereocenters. The van der Waals surface area contributed by atoms with Gasteiger partial charge in [0.05, 0.1) is 24.2 Å². The number of aliphatic hydroxyl groups is 1. The van der Waals surface area contributed by atoms with Gasteiger partial charge in [-0.05, 0) is 146 Å². The van der Waals surface area contributed by atoms with Crippen LogP contribution in [0.2, 0.25) is 0 Å². The molecule has 2 amide bonds. The Morgan fingerprint density at radius 1 is 0.855 bits per heavy atom. The Kier molecular flexibility index (Phi) is 10.2. The van der Waals surface area contributed by atoms with Crippen molar-refractivity contribution in [3.8, 4) is 0 Å². The van der Waals surface area contributed by atoms with Crippen LogP contribution in [-0.4, -0.2) is 36.1 Å². The summed E-state index contributed by atoms with van der Waals surface area (Å²) in [7, 11) is 1.20. The average Bonchev–Trinajstić information content (AvgIpc) is 3.56. The second-order valence-corrected chi connectivity index (χ2v) is 19.6. The molecule has 0 heterocycles. The summed E-state index contributed by atoms with van der Waals surface area (Å²) >= 11 is 0. The minimum Gasteiger partial charge on any atom is -0.465 e. The lowest BCUT2D eigenvalue weighted by Gasteiger charge is -2.72. The summed E-state index contributed by atoms with van der Waals surface area (Å²) in [6.45, 7) is 19.3. The molecule has 5 aliphatic rings. The quantitative estimate of drug-likeness (QED) is 0.184. The minimum atomic E-state index is -0.773. The van der Waals surface area contributed by atoms with Crippen molar-refractivity contribution in [3.05, 3.63) is 82.7 Å². The number of rotatable bonds is 8. The lowest BCUT2D eigenvalue weighted by molar-refractivity contribution is -0.246. The van der Waals surface area contributed by atoms with E-state index < -0.39 is 17.2 Å². The first-order chi connectivity index (χ1) is 25.9. The fraction of sp³-hybridized carbons (Fsp3) is 0.638. The number of carbonyl (C=O) groups excluding carboxylic acids is 3. The predicted octanol–water partition coefficient (Wildman–Crippen LogP) is 9.18. The number of benzene rings is 2. The molecule has 0 aromatic heterocycles. The molecule has 0 bridgehead atoms.